The average molecular weight is 341 g/mol. The fourth-order valence-corrected chi connectivity index (χ4v) is 3.06. The van der Waals surface area contributed by atoms with Crippen LogP contribution in [0, 0.1) is 0 Å². The van der Waals surface area contributed by atoms with Gasteiger partial charge < -0.3 is 15.7 Å². The van der Waals surface area contributed by atoms with Crippen molar-refractivity contribution < 1.29 is 9.90 Å². The lowest BCUT2D eigenvalue weighted by atomic mass is 10.2. The van der Waals surface area contributed by atoms with Crippen LogP contribution in [0.5, 0.6) is 0 Å². The molecule has 0 radical (unpaired) electrons. The number of carbonyl (C=O) groups is 1. The summed E-state index contributed by atoms with van der Waals surface area (Å²) in [6, 6.07) is 10.7. The second-order valence-electron chi connectivity index (χ2n) is 3.84. The van der Waals surface area contributed by atoms with Gasteiger partial charge in [0.15, 0.2) is 0 Å². The van der Waals surface area contributed by atoms with E-state index in [0.29, 0.717) is 16.3 Å². The van der Waals surface area contributed by atoms with Crippen LogP contribution in [0.15, 0.2) is 40.2 Å². The summed E-state index contributed by atoms with van der Waals surface area (Å²) >= 11 is 4.69. The molecule has 0 atom stereocenters. The number of benzene rings is 1. The Hall–Kier alpha value is -1.37. The second kappa shape index (κ2) is 6.18. The predicted octanol–water partition coefficient (Wildman–Crippen LogP) is 2.73. The zero-order valence-corrected chi connectivity index (χ0v) is 12.4. The van der Waals surface area contributed by atoms with E-state index in [1.807, 2.05) is 18.2 Å². The fourth-order valence-electron chi connectivity index (χ4n) is 1.73. The minimum atomic E-state index is -0.164. The lowest BCUT2D eigenvalue weighted by Crippen LogP contribution is -2.33. The van der Waals surface area contributed by atoms with E-state index in [0.717, 1.165) is 3.79 Å². The summed E-state index contributed by atoms with van der Waals surface area (Å²) < 4.78 is 0.890. The normalized spacial score (nSPS) is 10.4. The van der Waals surface area contributed by atoms with Crippen LogP contribution in [0.4, 0.5) is 11.4 Å². The summed E-state index contributed by atoms with van der Waals surface area (Å²) in [5, 5.41) is 9.15. The molecule has 2 aromatic rings. The van der Waals surface area contributed by atoms with Gasteiger partial charge in [-0.3, -0.25) is 4.79 Å². The number of amides is 1. The van der Waals surface area contributed by atoms with Gasteiger partial charge in [-0.2, -0.15) is 0 Å². The average Bonchev–Trinajstić information content (AvgIpc) is 2.83. The number of nitrogen functional groups attached to an aromatic ring is 1. The molecule has 0 spiro atoms. The van der Waals surface area contributed by atoms with E-state index in [-0.39, 0.29) is 19.1 Å². The first-order valence-electron chi connectivity index (χ1n) is 5.66. The van der Waals surface area contributed by atoms with E-state index >= 15 is 0 Å². The van der Waals surface area contributed by atoms with Crippen molar-refractivity contribution in [2.75, 3.05) is 23.8 Å². The van der Waals surface area contributed by atoms with Crippen LogP contribution in [0.2, 0.25) is 0 Å². The molecule has 0 fully saturated rings. The summed E-state index contributed by atoms with van der Waals surface area (Å²) in [5.74, 6) is -0.164. The molecule has 6 heteroatoms. The number of aliphatic hydroxyl groups is 1. The number of thiophene rings is 1. The van der Waals surface area contributed by atoms with Crippen LogP contribution in [0.1, 0.15) is 9.67 Å². The predicted molar refractivity (Wildman–Crippen MR) is 81.6 cm³/mol. The lowest BCUT2D eigenvalue weighted by molar-refractivity contribution is 0.0985. The smallest absolute Gasteiger partial charge is 0.268 e. The number of hydrogen-bond acceptors (Lipinski definition) is 4. The second-order valence-corrected chi connectivity index (χ2v) is 6.31. The third-order valence-corrected chi connectivity index (χ3v) is 4.19. The van der Waals surface area contributed by atoms with Crippen molar-refractivity contribution in [2.24, 2.45) is 0 Å². The van der Waals surface area contributed by atoms with E-state index in [1.165, 1.54) is 16.2 Å². The summed E-state index contributed by atoms with van der Waals surface area (Å²) in [4.78, 5) is 14.5. The quantitative estimate of drug-likeness (QED) is 0.841. The number of rotatable bonds is 4. The Bertz CT molecular complexity index is 586. The van der Waals surface area contributed by atoms with E-state index in [2.05, 4.69) is 15.9 Å². The highest BCUT2D eigenvalue weighted by Gasteiger charge is 2.20. The minimum Gasteiger partial charge on any atom is -0.397 e. The van der Waals surface area contributed by atoms with E-state index in [9.17, 15) is 4.79 Å². The Morgan fingerprint density at radius 1 is 1.32 bits per heavy atom. The topological polar surface area (TPSA) is 66.6 Å². The summed E-state index contributed by atoms with van der Waals surface area (Å²) in [7, 11) is 0. The molecule has 0 saturated heterocycles. The van der Waals surface area contributed by atoms with Crippen LogP contribution in [-0.4, -0.2) is 24.2 Å². The molecule has 0 aliphatic carbocycles. The van der Waals surface area contributed by atoms with Gasteiger partial charge >= 0.3 is 0 Å². The van der Waals surface area contributed by atoms with Gasteiger partial charge in [-0.05, 0) is 40.2 Å². The van der Waals surface area contributed by atoms with Crippen molar-refractivity contribution in [3.05, 3.63) is 45.1 Å². The molecule has 0 bridgehead atoms. The van der Waals surface area contributed by atoms with E-state index < -0.39 is 0 Å². The van der Waals surface area contributed by atoms with E-state index in [4.69, 9.17) is 10.8 Å². The Kier molecular flexibility index (Phi) is 4.57. The van der Waals surface area contributed by atoms with Crippen molar-refractivity contribution in [2.45, 2.75) is 0 Å². The first kappa shape index (κ1) is 14.0. The van der Waals surface area contributed by atoms with Gasteiger partial charge in [0.05, 0.1) is 26.6 Å². The molecular weight excluding hydrogens is 328 g/mol. The minimum absolute atomic E-state index is 0.118. The van der Waals surface area contributed by atoms with Crippen LogP contribution < -0.4 is 10.6 Å². The third kappa shape index (κ3) is 3.15. The highest BCUT2D eigenvalue weighted by molar-refractivity contribution is 9.11. The van der Waals surface area contributed by atoms with Gasteiger partial charge in [0, 0.05) is 6.54 Å². The van der Waals surface area contributed by atoms with Crippen molar-refractivity contribution in [1.29, 1.82) is 0 Å². The van der Waals surface area contributed by atoms with Crippen molar-refractivity contribution in [1.82, 2.24) is 0 Å². The monoisotopic (exact) mass is 340 g/mol. The Morgan fingerprint density at radius 3 is 2.63 bits per heavy atom. The number of carbonyl (C=O) groups excluding carboxylic acids is 1. The molecule has 2 rings (SSSR count). The molecule has 100 valence electrons. The summed E-state index contributed by atoms with van der Waals surface area (Å²) in [6.07, 6.45) is 0. The van der Waals surface area contributed by atoms with Crippen LogP contribution >= 0.6 is 27.3 Å². The van der Waals surface area contributed by atoms with Crippen molar-refractivity contribution in [3.63, 3.8) is 0 Å². The molecule has 19 heavy (non-hydrogen) atoms. The van der Waals surface area contributed by atoms with Crippen LogP contribution in [0.3, 0.4) is 0 Å². The molecule has 4 nitrogen and oxygen atoms in total. The lowest BCUT2D eigenvalue weighted by Gasteiger charge is -2.22. The SMILES string of the molecule is Nc1ccccc1N(CCO)C(=O)c1ccc(Br)s1. The fraction of sp³-hybridized carbons (Fsp3) is 0.154. The molecule has 0 unspecified atom stereocenters. The van der Waals surface area contributed by atoms with Gasteiger partial charge in [-0.15, -0.1) is 11.3 Å². The van der Waals surface area contributed by atoms with Crippen molar-refractivity contribution in [3.8, 4) is 0 Å². The Balaban J connectivity index is 2.35. The first-order chi connectivity index (χ1) is 9.13. The van der Waals surface area contributed by atoms with Gasteiger partial charge in [-0.1, -0.05) is 12.1 Å². The number of nitrogens with two attached hydrogens (primary N) is 1. The summed E-state index contributed by atoms with van der Waals surface area (Å²) in [5.41, 5.74) is 7.02. The zero-order valence-electron chi connectivity index (χ0n) is 10.0. The Morgan fingerprint density at radius 2 is 2.05 bits per heavy atom. The standard InChI is InChI=1S/C13H13BrN2O2S/c14-12-6-5-11(19-12)13(18)16(7-8-17)10-4-2-1-3-9(10)15/h1-6,17H,7-8,15H2. The maximum absolute atomic E-state index is 12.4. The largest absolute Gasteiger partial charge is 0.397 e. The molecule has 0 aliphatic rings. The number of hydrogen-bond donors (Lipinski definition) is 2. The molecule has 3 N–H and O–H groups in total. The van der Waals surface area contributed by atoms with E-state index in [1.54, 1.807) is 18.2 Å². The van der Waals surface area contributed by atoms with Crippen LogP contribution in [-0.2, 0) is 0 Å². The molecule has 0 saturated carbocycles. The molecule has 1 amide bonds. The number of aliphatic hydroxyl groups excluding tert-OH is 1. The van der Waals surface area contributed by atoms with Gasteiger partial charge in [-0.25, -0.2) is 0 Å². The molecule has 0 aliphatic heterocycles. The zero-order chi connectivity index (χ0) is 13.8. The molecule has 1 aromatic heterocycles. The molecular formula is C13H13BrN2O2S. The van der Waals surface area contributed by atoms with Gasteiger partial charge in [0.2, 0.25) is 0 Å². The maximum Gasteiger partial charge on any atom is 0.268 e. The number of nitrogens with zero attached hydrogens (tertiary/aromatic N) is 1. The maximum atomic E-state index is 12.4. The Labute approximate surface area is 123 Å². The summed E-state index contributed by atoms with van der Waals surface area (Å²) in [6.45, 7) is 0.0924. The van der Waals surface area contributed by atoms with Crippen molar-refractivity contribution >= 4 is 44.5 Å². The van der Waals surface area contributed by atoms with Gasteiger partial charge in [0.25, 0.3) is 5.91 Å². The number of para-hydroxylation sites is 2. The highest BCUT2D eigenvalue weighted by atomic mass is 79.9. The number of halogens is 1. The highest BCUT2D eigenvalue weighted by Crippen LogP contribution is 2.28. The molecule has 1 heterocycles. The first-order valence-corrected chi connectivity index (χ1v) is 7.27. The number of anilines is 2. The van der Waals surface area contributed by atoms with Gasteiger partial charge in [0.1, 0.15) is 0 Å². The molecule has 1 aromatic carbocycles. The van der Waals surface area contributed by atoms with Crippen LogP contribution in [0.25, 0.3) is 0 Å². The third-order valence-electron chi connectivity index (χ3n) is 2.58.